The van der Waals surface area contributed by atoms with Gasteiger partial charge in [-0.1, -0.05) is 18.2 Å². The fourth-order valence-corrected chi connectivity index (χ4v) is 3.64. The Morgan fingerprint density at radius 1 is 1.25 bits per heavy atom. The van der Waals surface area contributed by atoms with E-state index in [1.165, 1.54) is 0 Å². The Hall–Kier alpha value is -3.95. The van der Waals surface area contributed by atoms with E-state index in [0.29, 0.717) is 17.9 Å². The van der Waals surface area contributed by atoms with Crippen molar-refractivity contribution in [1.82, 2.24) is 10.2 Å². The first-order valence-electron chi connectivity index (χ1n) is 9.83. The Bertz CT molecular complexity index is 1130. The van der Waals surface area contributed by atoms with Crippen LogP contribution in [0.15, 0.2) is 53.7 Å². The minimum Gasteiger partial charge on any atom is -0.494 e. The first-order valence-corrected chi connectivity index (χ1v) is 9.83. The SMILES string of the molecule is CCOc1ccccc1C1NC(=O)N(CC(=O)Nc2cc(F)ccc2F)C2=C1C(=O)OC2. The van der Waals surface area contributed by atoms with Crippen LogP contribution in [0.25, 0.3) is 0 Å². The molecule has 1 atom stereocenters. The van der Waals surface area contributed by atoms with Gasteiger partial charge in [0.25, 0.3) is 0 Å². The topological polar surface area (TPSA) is 97.0 Å². The number of urea groups is 1. The summed E-state index contributed by atoms with van der Waals surface area (Å²) in [6.45, 7) is 1.47. The number of amides is 3. The quantitative estimate of drug-likeness (QED) is 0.670. The highest BCUT2D eigenvalue weighted by atomic mass is 19.1. The molecule has 1 unspecified atom stereocenters. The molecule has 0 aromatic heterocycles. The minimum atomic E-state index is -0.824. The smallest absolute Gasteiger partial charge is 0.338 e. The van der Waals surface area contributed by atoms with Crippen LogP contribution in [0.2, 0.25) is 0 Å². The predicted octanol–water partition coefficient (Wildman–Crippen LogP) is 2.88. The molecule has 2 aliphatic rings. The lowest BCUT2D eigenvalue weighted by atomic mass is 9.95. The molecule has 0 fully saturated rings. The summed E-state index contributed by atoms with van der Waals surface area (Å²) in [5.74, 6) is -2.45. The third kappa shape index (κ3) is 3.98. The van der Waals surface area contributed by atoms with Crippen molar-refractivity contribution < 1.29 is 32.6 Å². The van der Waals surface area contributed by atoms with Crippen molar-refractivity contribution in [3.05, 3.63) is 70.9 Å². The number of carbonyl (C=O) groups excluding carboxylic acids is 3. The number of para-hydroxylation sites is 1. The maximum absolute atomic E-state index is 13.8. The summed E-state index contributed by atoms with van der Waals surface area (Å²) >= 11 is 0. The van der Waals surface area contributed by atoms with E-state index < -0.39 is 42.1 Å². The van der Waals surface area contributed by atoms with Crippen LogP contribution in [0.5, 0.6) is 5.75 Å². The number of esters is 1. The summed E-state index contributed by atoms with van der Waals surface area (Å²) in [5, 5.41) is 4.94. The summed E-state index contributed by atoms with van der Waals surface area (Å²) in [7, 11) is 0. The highest BCUT2D eigenvalue weighted by molar-refractivity contribution is 6.00. The lowest BCUT2D eigenvalue weighted by Crippen LogP contribution is -2.49. The van der Waals surface area contributed by atoms with Crippen LogP contribution < -0.4 is 15.4 Å². The third-order valence-corrected chi connectivity index (χ3v) is 5.03. The Kier molecular flexibility index (Phi) is 5.76. The molecule has 166 valence electrons. The van der Waals surface area contributed by atoms with E-state index >= 15 is 0 Å². The van der Waals surface area contributed by atoms with E-state index in [0.717, 1.165) is 23.1 Å². The summed E-state index contributed by atoms with van der Waals surface area (Å²) in [4.78, 5) is 38.9. The molecule has 0 saturated heterocycles. The van der Waals surface area contributed by atoms with E-state index in [-0.39, 0.29) is 23.6 Å². The monoisotopic (exact) mass is 443 g/mol. The van der Waals surface area contributed by atoms with Crippen molar-refractivity contribution in [1.29, 1.82) is 0 Å². The van der Waals surface area contributed by atoms with Gasteiger partial charge < -0.3 is 20.1 Å². The van der Waals surface area contributed by atoms with Gasteiger partial charge in [0.1, 0.15) is 30.5 Å². The van der Waals surface area contributed by atoms with Gasteiger partial charge in [-0.3, -0.25) is 9.69 Å². The van der Waals surface area contributed by atoms with Gasteiger partial charge in [0.05, 0.1) is 29.6 Å². The highest BCUT2D eigenvalue weighted by Crippen LogP contribution is 2.38. The summed E-state index contributed by atoms with van der Waals surface area (Å²) in [6.07, 6.45) is 0. The van der Waals surface area contributed by atoms with Gasteiger partial charge >= 0.3 is 12.0 Å². The summed E-state index contributed by atoms with van der Waals surface area (Å²) < 4.78 is 37.9. The average Bonchev–Trinajstić information content (AvgIpc) is 3.15. The van der Waals surface area contributed by atoms with Crippen LogP contribution in [-0.4, -0.2) is 42.6 Å². The molecule has 2 heterocycles. The Morgan fingerprint density at radius 3 is 2.81 bits per heavy atom. The number of nitrogens with one attached hydrogen (secondary N) is 2. The molecule has 0 aliphatic carbocycles. The standard InChI is InChI=1S/C22H19F2N3O5/c1-2-31-17-6-4-3-5-13(17)20-19-16(11-32-21(19)29)27(22(30)26-20)10-18(28)25-15-9-12(23)7-8-14(15)24/h3-9,20H,2,10-11H2,1H3,(H,25,28)(H,26,30). The molecular weight excluding hydrogens is 424 g/mol. The van der Waals surface area contributed by atoms with E-state index in [1.54, 1.807) is 24.3 Å². The van der Waals surface area contributed by atoms with Gasteiger partial charge in [-0.25, -0.2) is 18.4 Å². The number of hydrogen-bond acceptors (Lipinski definition) is 5. The number of cyclic esters (lactones) is 1. The van der Waals surface area contributed by atoms with E-state index in [1.807, 2.05) is 6.92 Å². The number of benzene rings is 2. The lowest BCUT2D eigenvalue weighted by molar-refractivity contribution is -0.136. The molecular formula is C22H19F2N3O5. The van der Waals surface area contributed by atoms with Crippen molar-refractivity contribution in [2.24, 2.45) is 0 Å². The second kappa shape index (κ2) is 8.66. The van der Waals surface area contributed by atoms with Gasteiger partial charge in [0.2, 0.25) is 5.91 Å². The second-order valence-corrected chi connectivity index (χ2v) is 7.05. The zero-order valence-electron chi connectivity index (χ0n) is 17.0. The minimum absolute atomic E-state index is 0.182. The molecule has 32 heavy (non-hydrogen) atoms. The van der Waals surface area contributed by atoms with Crippen LogP contribution in [0, 0.1) is 11.6 Å². The molecule has 2 aromatic rings. The number of rotatable bonds is 6. The number of halogens is 2. The number of ether oxygens (including phenoxy) is 2. The zero-order chi connectivity index (χ0) is 22.8. The van der Waals surface area contributed by atoms with E-state index in [2.05, 4.69) is 10.6 Å². The molecule has 8 nitrogen and oxygen atoms in total. The molecule has 0 saturated carbocycles. The van der Waals surface area contributed by atoms with Gasteiger partial charge in [-0.2, -0.15) is 0 Å². The lowest BCUT2D eigenvalue weighted by Gasteiger charge is -2.33. The maximum Gasteiger partial charge on any atom is 0.338 e. The highest BCUT2D eigenvalue weighted by Gasteiger charge is 2.43. The molecule has 4 rings (SSSR count). The number of carbonyl (C=O) groups is 3. The van der Waals surface area contributed by atoms with Gasteiger partial charge in [0.15, 0.2) is 0 Å². The van der Waals surface area contributed by atoms with Crippen molar-refractivity contribution in [2.45, 2.75) is 13.0 Å². The van der Waals surface area contributed by atoms with Crippen molar-refractivity contribution in [2.75, 3.05) is 25.1 Å². The number of anilines is 1. The van der Waals surface area contributed by atoms with Crippen LogP contribution in [0.1, 0.15) is 18.5 Å². The van der Waals surface area contributed by atoms with Crippen LogP contribution in [-0.2, 0) is 14.3 Å². The Labute approximate surface area is 181 Å². The van der Waals surface area contributed by atoms with Gasteiger partial charge in [0, 0.05) is 11.6 Å². The maximum atomic E-state index is 13.8. The number of nitrogens with zero attached hydrogens (tertiary/aromatic N) is 1. The summed E-state index contributed by atoms with van der Waals surface area (Å²) in [5.41, 5.74) is 0.621. The van der Waals surface area contributed by atoms with Crippen LogP contribution in [0.3, 0.4) is 0 Å². The van der Waals surface area contributed by atoms with Crippen molar-refractivity contribution in [3.63, 3.8) is 0 Å². The Balaban J connectivity index is 1.62. The largest absolute Gasteiger partial charge is 0.494 e. The first-order chi connectivity index (χ1) is 15.4. The molecule has 10 heteroatoms. The molecule has 2 aromatic carbocycles. The summed E-state index contributed by atoms with van der Waals surface area (Å²) in [6, 6.07) is 8.12. The fourth-order valence-electron chi connectivity index (χ4n) is 3.64. The molecule has 0 radical (unpaired) electrons. The first kappa shape index (κ1) is 21.3. The third-order valence-electron chi connectivity index (χ3n) is 5.03. The predicted molar refractivity (Wildman–Crippen MR) is 109 cm³/mol. The number of hydrogen-bond donors (Lipinski definition) is 2. The molecule has 2 N–H and O–H groups in total. The van der Waals surface area contributed by atoms with Gasteiger partial charge in [-0.15, -0.1) is 0 Å². The zero-order valence-corrected chi connectivity index (χ0v) is 17.0. The van der Waals surface area contributed by atoms with E-state index in [9.17, 15) is 23.2 Å². The second-order valence-electron chi connectivity index (χ2n) is 7.05. The van der Waals surface area contributed by atoms with Crippen LogP contribution in [0.4, 0.5) is 19.3 Å². The fraction of sp³-hybridized carbons (Fsp3) is 0.227. The van der Waals surface area contributed by atoms with Crippen molar-refractivity contribution >= 4 is 23.6 Å². The van der Waals surface area contributed by atoms with E-state index in [4.69, 9.17) is 9.47 Å². The molecule has 0 spiro atoms. The molecule has 3 amide bonds. The van der Waals surface area contributed by atoms with Gasteiger partial charge in [-0.05, 0) is 25.1 Å². The molecule has 2 aliphatic heterocycles. The normalized spacial score (nSPS) is 17.6. The van der Waals surface area contributed by atoms with Crippen molar-refractivity contribution in [3.8, 4) is 5.75 Å². The average molecular weight is 443 g/mol. The molecule has 0 bridgehead atoms. The van der Waals surface area contributed by atoms with Crippen LogP contribution >= 0.6 is 0 Å². The Morgan fingerprint density at radius 2 is 2.03 bits per heavy atom.